The fraction of sp³-hybridized carbons (Fsp3) is 0.182. The lowest BCUT2D eigenvalue weighted by atomic mass is 10.4. The highest BCUT2D eigenvalue weighted by molar-refractivity contribution is 8.01. The Labute approximate surface area is 112 Å². The van der Waals surface area contributed by atoms with E-state index in [2.05, 4.69) is 10.3 Å². The van der Waals surface area contributed by atoms with Crippen molar-refractivity contribution in [2.45, 2.75) is 16.2 Å². The van der Waals surface area contributed by atoms with Gasteiger partial charge < -0.3 is 5.32 Å². The van der Waals surface area contributed by atoms with Crippen molar-refractivity contribution in [2.24, 2.45) is 0 Å². The van der Waals surface area contributed by atoms with E-state index in [0.29, 0.717) is 10.8 Å². The fourth-order valence-corrected chi connectivity index (χ4v) is 3.12. The summed E-state index contributed by atoms with van der Waals surface area (Å²) in [5.41, 5.74) is 0.0371. The number of anilines is 1. The molecule has 0 unspecified atom stereocenters. The quantitative estimate of drug-likeness (QED) is 0.669. The Bertz CT molecular complexity index is 543. The minimum Gasteiger partial charge on any atom is -0.370 e. The van der Waals surface area contributed by atoms with Crippen molar-refractivity contribution < 1.29 is 4.92 Å². The van der Waals surface area contributed by atoms with E-state index in [1.165, 1.54) is 29.2 Å². The van der Waals surface area contributed by atoms with Crippen LogP contribution in [0.2, 0.25) is 0 Å². The molecular formula is C11H11N3O2S2. The number of nitro groups is 1. The SMILES string of the molecule is CCNc1ccc([N+](=O)[O-])c(Sc2cccs2)n1. The Kier molecular flexibility index (Phi) is 4.16. The second-order valence-electron chi connectivity index (χ2n) is 3.34. The Morgan fingerprint density at radius 1 is 1.50 bits per heavy atom. The molecule has 7 heteroatoms. The normalized spacial score (nSPS) is 10.3. The predicted octanol–water partition coefficient (Wildman–Crippen LogP) is 3.63. The van der Waals surface area contributed by atoms with Gasteiger partial charge in [-0.3, -0.25) is 10.1 Å². The van der Waals surface area contributed by atoms with Crippen LogP contribution in [0.25, 0.3) is 0 Å². The van der Waals surface area contributed by atoms with Gasteiger partial charge in [0.1, 0.15) is 5.82 Å². The molecule has 1 N–H and O–H groups in total. The second kappa shape index (κ2) is 5.83. The van der Waals surface area contributed by atoms with Crippen molar-refractivity contribution in [1.29, 1.82) is 0 Å². The molecule has 2 aromatic heterocycles. The van der Waals surface area contributed by atoms with E-state index in [1.54, 1.807) is 6.07 Å². The summed E-state index contributed by atoms with van der Waals surface area (Å²) in [5.74, 6) is 0.655. The summed E-state index contributed by atoms with van der Waals surface area (Å²) in [6, 6.07) is 6.94. The average molecular weight is 281 g/mol. The molecule has 0 spiro atoms. The summed E-state index contributed by atoms with van der Waals surface area (Å²) >= 11 is 2.85. The highest BCUT2D eigenvalue weighted by Crippen LogP contribution is 2.36. The van der Waals surface area contributed by atoms with Gasteiger partial charge in [0.2, 0.25) is 0 Å². The first-order valence-electron chi connectivity index (χ1n) is 5.31. The Hall–Kier alpha value is -1.60. The third-order valence-corrected chi connectivity index (χ3v) is 4.12. The van der Waals surface area contributed by atoms with Crippen LogP contribution in [0.5, 0.6) is 0 Å². The lowest BCUT2D eigenvalue weighted by molar-refractivity contribution is -0.388. The molecule has 2 aromatic rings. The van der Waals surface area contributed by atoms with Crippen LogP contribution in [-0.2, 0) is 0 Å². The van der Waals surface area contributed by atoms with Crippen molar-refractivity contribution in [3.05, 3.63) is 39.8 Å². The number of rotatable bonds is 5. The fourth-order valence-electron chi connectivity index (χ4n) is 1.34. The van der Waals surface area contributed by atoms with Crippen LogP contribution in [0, 0.1) is 10.1 Å². The molecule has 0 saturated carbocycles. The molecule has 2 heterocycles. The van der Waals surface area contributed by atoms with Crippen molar-refractivity contribution in [1.82, 2.24) is 4.98 Å². The van der Waals surface area contributed by atoms with Crippen molar-refractivity contribution in [3.63, 3.8) is 0 Å². The first-order valence-corrected chi connectivity index (χ1v) is 7.01. The van der Waals surface area contributed by atoms with E-state index < -0.39 is 4.92 Å². The van der Waals surface area contributed by atoms with Gasteiger partial charge in [-0.15, -0.1) is 11.3 Å². The first-order chi connectivity index (χ1) is 8.70. The standard InChI is InChI=1S/C11H11N3O2S2/c1-2-12-9-6-5-8(14(15)16)11(13-9)18-10-4-3-7-17-10/h3-7H,2H2,1H3,(H,12,13). The number of hydrogen-bond acceptors (Lipinski definition) is 6. The molecule has 0 aromatic carbocycles. The van der Waals surface area contributed by atoms with Crippen molar-refractivity contribution in [2.75, 3.05) is 11.9 Å². The molecule has 5 nitrogen and oxygen atoms in total. The highest BCUT2D eigenvalue weighted by Gasteiger charge is 2.17. The lowest BCUT2D eigenvalue weighted by Crippen LogP contribution is -2.01. The number of nitrogens with zero attached hydrogens (tertiary/aromatic N) is 2. The summed E-state index contributed by atoms with van der Waals surface area (Å²) in [4.78, 5) is 14.8. The summed E-state index contributed by atoms with van der Waals surface area (Å²) in [6.45, 7) is 2.68. The lowest BCUT2D eigenvalue weighted by Gasteiger charge is -2.05. The Balaban J connectivity index is 2.34. The maximum Gasteiger partial charge on any atom is 0.301 e. The second-order valence-corrected chi connectivity index (χ2v) is 5.58. The molecule has 0 aliphatic rings. The van der Waals surface area contributed by atoms with Crippen LogP contribution in [-0.4, -0.2) is 16.5 Å². The maximum atomic E-state index is 11.0. The van der Waals surface area contributed by atoms with Gasteiger partial charge in [0, 0.05) is 12.6 Å². The number of thiophene rings is 1. The van der Waals surface area contributed by atoms with E-state index in [9.17, 15) is 10.1 Å². The topological polar surface area (TPSA) is 68.1 Å². The van der Waals surface area contributed by atoms with Gasteiger partial charge in [0.05, 0.1) is 9.13 Å². The number of nitrogens with one attached hydrogen (secondary N) is 1. The molecule has 0 aliphatic heterocycles. The molecule has 0 atom stereocenters. The molecule has 0 aliphatic carbocycles. The van der Waals surface area contributed by atoms with E-state index >= 15 is 0 Å². The predicted molar refractivity (Wildman–Crippen MR) is 73.5 cm³/mol. The van der Waals surface area contributed by atoms with E-state index in [-0.39, 0.29) is 5.69 Å². The van der Waals surface area contributed by atoms with Gasteiger partial charge in [-0.2, -0.15) is 0 Å². The van der Waals surface area contributed by atoms with Gasteiger partial charge in [0.25, 0.3) is 0 Å². The van der Waals surface area contributed by atoms with Crippen LogP contribution < -0.4 is 5.32 Å². The molecule has 0 bridgehead atoms. The number of aromatic nitrogens is 1. The average Bonchev–Trinajstić information content (AvgIpc) is 2.82. The zero-order chi connectivity index (χ0) is 13.0. The van der Waals surface area contributed by atoms with Crippen LogP contribution >= 0.6 is 23.1 Å². The largest absolute Gasteiger partial charge is 0.370 e. The first kappa shape index (κ1) is 12.8. The number of pyridine rings is 1. The molecule has 0 amide bonds. The molecule has 0 radical (unpaired) electrons. The number of hydrogen-bond donors (Lipinski definition) is 1. The van der Waals surface area contributed by atoms with Crippen LogP contribution in [0.4, 0.5) is 11.5 Å². The minimum atomic E-state index is -0.404. The molecular weight excluding hydrogens is 270 g/mol. The monoisotopic (exact) mass is 281 g/mol. The summed E-state index contributed by atoms with van der Waals surface area (Å²) < 4.78 is 0.985. The minimum absolute atomic E-state index is 0.0371. The Morgan fingerprint density at radius 2 is 2.33 bits per heavy atom. The molecule has 94 valence electrons. The van der Waals surface area contributed by atoms with Gasteiger partial charge in [-0.25, -0.2) is 4.98 Å². The summed E-state index contributed by atoms with van der Waals surface area (Å²) in [6.07, 6.45) is 0. The molecule has 2 rings (SSSR count). The molecule has 0 fully saturated rings. The molecule has 0 saturated heterocycles. The summed E-state index contributed by atoms with van der Waals surface area (Å²) in [7, 11) is 0. The third-order valence-electron chi connectivity index (χ3n) is 2.09. The zero-order valence-electron chi connectivity index (χ0n) is 9.62. The summed E-state index contributed by atoms with van der Waals surface area (Å²) in [5, 5.41) is 16.4. The highest BCUT2D eigenvalue weighted by atomic mass is 32.2. The van der Waals surface area contributed by atoms with E-state index in [4.69, 9.17) is 0 Å². The van der Waals surface area contributed by atoms with Crippen LogP contribution in [0.15, 0.2) is 38.9 Å². The van der Waals surface area contributed by atoms with Gasteiger partial charge in [-0.05, 0) is 24.4 Å². The Morgan fingerprint density at radius 3 is 2.94 bits per heavy atom. The van der Waals surface area contributed by atoms with E-state index in [1.807, 2.05) is 24.4 Å². The van der Waals surface area contributed by atoms with Crippen molar-refractivity contribution in [3.8, 4) is 0 Å². The maximum absolute atomic E-state index is 11.0. The van der Waals surface area contributed by atoms with Crippen LogP contribution in [0.1, 0.15) is 6.92 Å². The van der Waals surface area contributed by atoms with Crippen molar-refractivity contribution >= 4 is 34.6 Å². The van der Waals surface area contributed by atoms with E-state index in [0.717, 1.165) is 10.8 Å². The van der Waals surface area contributed by atoms with Crippen LogP contribution in [0.3, 0.4) is 0 Å². The van der Waals surface area contributed by atoms with Gasteiger partial charge >= 0.3 is 5.69 Å². The smallest absolute Gasteiger partial charge is 0.301 e. The van der Waals surface area contributed by atoms with Gasteiger partial charge in [0.15, 0.2) is 5.03 Å². The molecule has 18 heavy (non-hydrogen) atoms. The third kappa shape index (κ3) is 2.99. The zero-order valence-corrected chi connectivity index (χ0v) is 11.3. The van der Waals surface area contributed by atoms with Gasteiger partial charge in [-0.1, -0.05) is 17.8 Å².